The van der Waals surface area contributed by atoms with E-state index < -0.39 is 24.1 Å². The van der Waals surface area contributed by atoms with Gasteiger partial charge in [0.2, 0.25) is 0 Å². The normalized spacial score (nSPS) is 12.4. The first kappa shape index (κ1) is 18.4. The summed E-state index contributed by atoms with van der Waals surface area (Å²) in [5.74, 6) is -0.996. The number of nitrogens with zero attached hydrogens (tertiary/aromatic N) is 3. The van der Waals surface area contributed by atoms with Crippen LogP contribution < -0.4 is 10.1 Å². The van der Waals surface area contributed by atoms with Crippen molar-refractivity contribution >= 4 is 5.91 Å². The molecule has 9 heteroatoms. The lowest BCUT2D eigenvalue weighted by atomic mass is 10.1. The number of amides is 1. The Kier molecular flexibility index (Phi) is 5.39. The fourth-order valence-corrected chi connectivity index (χ4v) is 2.50. The Morgan fingerprint density at radius 2 is 1.78 bits per heavy atom. The van der Waals surface area contributed by atoms with Gasteiger partial charge in [-0.15, -0.1) is 13.2 Å². The van der Waals surface area contributed by atoms with Crippen LogP contribution in [0.3, 0.4) is 0 Å². The lowest BCUT2D eigenvalue weighted by Gasteiger charge is -2.19. The molecule has 0 bridgehead atoms. The van der Waals surface area contributed by atoms with E-state index in [0.29, 0.717) is 0 Å². The number of nitrogens with one attached hydrogen (secondary N) is 1. The number of benzene rings is 2. The first-order chi connectivity index (χ1) is 12.9. The van der Waals surface area contributed by atoms with E-state index in [-0.39, 0.29) is 12.1 Å². The number of ether oxygens (including phenoxy) is 1. The fraction of sp³-hybridized carbons (Fsp3) is 0.167. The molecule has 0 fully saturated rings. The summed E-state index contributed by atoms with van der Waals surface area (Å²) in [4.78, 5) is 14.0. The van der Waals surface area contributed by atoms with E-state index in [2.05, 4.69) is 20.3 Å². The van der Waals surface area contributed by atoms with Crippen LogP contribution in [0.25, 0.3) is 0 Å². The lowest BCUT2D eigenvalue weighted by Crippen LogP contribution is -2.32. The highest BCUT2D eigenvalue weighted by Crippen LogP contribution is 2.24. The van der Waals surface area contributed by atoms with Crippen molar-refractivity contribution in [2.75, 3.05) is 0 Å². The quantitative estimate of drug-likeness (QED) is 0.716. The highest BCUT2D eigenvalue weighted by Gasteiger charge is 2.31. The maximum atomic E-state index is 12.6. The molecule has 0 aliphatic carbocycles. The van der Waals surface area contributed by atoms with Gasteiger partial charge in [0, 0.05) is 5.56 Å². The van der Waals surface area contributed by atoms with Crippen LogP contribution in [0.4, 0.5) is 13.2 Å². The zero-order chi connectivity index (χ0) is 19.3. The summed E-state index contributed by atoms with van der Waals surface area (Å²) in [5, 5.41) is 10.9. The maximum Gasteiger partial charge on any atom is 0.573 e. The molecular weight excluding hydrogens is 361 g/mol. The van der Waals surface area contributed by atoms with Gasteiger partial charge in [-0.05, 0) is 23.8 Å². The molecule has 1 amide bonds. The highest BCUT2D eigenvalue weighted by atomic mass is 19.4. The predicted molar refractivity (Wildman–Crippen MR) is 89.8 cm³/mol. The van der Waals surface area contributed by atoms with Crippen LogP contribution in [0.5, 0.6) is 5.75 Å². The van der Waals surface area contributed by atoms with E-state index in [9.17, 15) is 18.0 Å². The topological polar surface area (TPSA) is 69.0 Å². The molecule has 27 heavy (non-hydrogen) atoms. The number of carbonyl (C=O) groups is 1. The number of hydrogen-bond donors (Lipinski definition) is 1. The minimum Gasteiger partial charge on any atom is -0.406 e. The Labute approximate surface area is 152 Å². The number of alkyl halides is 3. The number of rotatable bonds is 6. The molecule has 3 aromatic rings. The van der Waals surface area contributed by atoms with Crippen LogP contribution in [0.15, 0.2) is 67.0 Å². The van der Waals surface area contributed by atoms with E-state index in [0.717, 1.165) is 17.7 Å². The van der Waals surface area contributed by atoms with Gasteiger partial charge in [0.25, 0.3) is 5.91 Å². The Bertz CT molecular complexity index is 883. The van der Waals surface area contributed by atoms with Gasteiger partial charge in [-0.25, -0.2) is 0 Å². The summed E-state index contributed by atoms with van der Waals surface area (Å²) in [7, 11) is 0. The van der Waals surface area contributed by atoms with Crippen LogP contribution in [-0.2, 0) is 6.54 Å². The number of aromatic nitrogens is 3. The smallest absolute Gasteiger partial charge is 0.406 e. The Hall–Kier alpha value is -3.36. The molecule has 1 atom stereocenters. The molecule has 140 valence electrons. The Morgan fingerprint density at radius 3 is 2.44 bits per heavy atom. The van der Waals surface area contributed by atoms with Crippen LogP contribution in [-0.4, -0.2) is 27.3 Å². The average molecular weight is 376 g/mol. The van der Waals surface area contributed by atoms with Crippen molar-refractivity contribution < 1.29 is 22.7 Å². The molecule has 1 N–H and O–H groups in total. The van der Waals surface area contributed by atoms with Gasteiger partial charge in [0.05, 0.1) is 25.0 Å². The third-order valence-electron chi connectivity index (χ3n) is 3.65. The van der Waals surface area contributed by atoms with E-state index in [1.807, 2.05) is 30.3 Å². The largest absolute Gasteiger partial charge is 0.573 e. The standard InChI is InChI=1S/C18H15F3N4O2/c19-18(20,21)27-15-8-4-7-14(11-15)17(26)24-16(12-25-22-9-10-23-25)13-5-2-1-3-6-13/h1-11,16H,12H2,(H,24,26)/t16-/m0/s1. The molecule has 1 aromatic heterocycles. The number of carbonyl (C=O) groups excluding carboxylic acids is 1. The van der Waals surface area contributed by atoms with E-state index in [1.165, 1.54) is 29.3 Å². The molecule has 0 saturated heterocycles. The second-order valence-corrected chi connectivity index (χ2v) is 5.60. The van der Waals surface area contributed by atoms with Crippen molar-refractivity contribution in [2.45, 2.75) is 18.9 Å². The van der Waals surface area contributed by atoms with Gasteiger partial charge < -0.3 is 10.1 Å². The molecule has 6 nitrogen and oxygen atoms in total. The zero-order valence-electron chi connectivity index (χ0n) is 13.9. The molecule has 2 aromatic carbocycles. The summed E-state index contributed by atoms with van der Waals surface area (Å²) in [6.07, 6.45) is -1.79. The van der Waals surface area contributed by atoms with Crippen LogP contribution >= 0.6 is 0 Å². The summed E-state index contributed by atoms with van der Waals surface area (Å²) in [5.41, 5.74) is 0.858. The van der Waals surface area contributed by atoms with Gasteiger partial charge in [-0.1, -0.05) is 36.4 Å². The maximum absolute atomic E-state index is 12.6. The third-order valence-corrected chi connectivity index (χ3v) is 3.65. The average Bonchev–Trinajstić information content (AvgIpc) is 3.14. The molecular formula is C18H15F3N4O2. The minimum absolute atomic E-state index is 0.0473. The fourth-order valence-electron chi connectivity index (χ4n) is 2.50. The van der Waals surface area contributed by atoms with E-state index in [1.54, 1.807) is 0 Å². The monoisotopic (exact) mass is 376 g/mol. The predicted octanol–water partition coefficient (Wildman–Crippen LogP) is 3.35. The minimum atomic E-state index is -4.83. The first-order valence-corrected chi connectivity index (χ1v) is 7.96. The molecule has 0 aliphatic heterocycles. The number of halogens is 3. The highest BCUT2D eigenvalue weighted by molar-refractivity contribution is 5.94. The molecule has 0 radical (unpaired) electrons. The van der Waals surface area contributed by atoms with Crippen molar-refractivity contribution in [3.05, 3.63) is 78.1 Å². The van der Waals surface area contributed by atoms with Crippen molar-refractivity contribution in [1.29, 1.82) is 0 Å². The van der Waals surface area contributed by atoms with Crippen LogP contribution in [0.1, 0.15) is 22.0 Å². The van der Waals surface area contributed by atoms with Crippen molar-refractivity contribution in [3.63, 3.8) is 0 Å². The second kappa shape index (κ2) is 7.90. The van der Waals surface area contributed by atoms with Gasteiger partial charge in [0.15, 0.2) is 0 Å². The van der Waals surface area contributed by atoms with Crippen LogP contribution in [0.2, 0.25) is 0 Å². The van der Waals surface area contributed by atoms with Crippen LogP contribution in [0, 0.1) is 0 Å². The second-order valence-electron chi connectivity index (χ2n) is 5.60. The van der Waals surface area contributed by atoms with Gasteiger partial charge in [-0.2, -0.15) is 15.0 Å². The Balaban J connectivity index is 1.79. The van der Waals surface area contributed by atoms with Gasteiger partial charge >= 0.3 is 6.36 Å². The van der Waals surface area contributed by atoms with E-state index in [4.69, 9.17) is 0 Å². The third kappa shape index (κ3) is 5.30. The van der Waals surface area contributed by atoms with Crippen molar-refractivity contribution in [2.24, 2.45) is 0 Å². The van der Waals surface area contributed by atoms with Crippen molar-refractivity contribution in [3.8, 4) is 5.75 Å². The first-order valence-electron chi connectivity index (χ1n) is 7.96. The molecule has 1 heterocycles. The van der Waals surface area contributed by atoms with E-state index >= 15 is 0 Å². The zero-order valence-corrected chi connectivity index (χ0v) is 13.9. The Morgan fingerprint density at radius 1 is 1.07 bits per heavy atom. The van der Waals surface area contributed by atoms with Crippen molar-refractivity contribution in [1.82, 2.24) is 20.3 Å². The summed E-state index contributed by atoms with van der Waals surface area (Å²) >= 11 is 0. The van der Waals surface area contributed by atoms with Gasteiger partial charge in [0.1, 0.15) is 5.75 Å². The molecule has 0 unspecified atom stereocenters. The summed E-state index contributed by atoms with van der Waals surface area (Å²) in [6.45, 7) is 0.265. The molecule has 0 saturated carbocycles. The SMILES string of the molecule is O=C(N[C@@H](Cn1nccn1)c1ccccc1)c1cccc(OC(F)(F)F)c1. The molecule has 0 spiro atoms. The summed E-state index contributed by atoms with van der Waals surface area (Å²) < 4.78 is 41.0. The summed E-state index contributed by atoms with van der Waals surface area (Å²) in [6, 6.07) is 13.6. The van der Waals surface area contributed by atoms with Gasteiger partial charge in [-0.3, -0.25) is 4.79 Å². The number of hydrogen-bond acceptors (Lipinski definition) is 4. The lowest BCUT2D eigenvalue weighted by molar-refractivity contribution is -0.274. The molecule has 0 aliphatic rings. The molecule has 3 rings (SSSR count).